The van der Waals surface area contributed by atoms with Crippen LogP contribution in [0, 0.1) is 11.8 Å². The van der Waals surface area contributed by atoms with Crippen LogP contribution >= 0.6 is 0 Å². The summed E-state index contributed by atoms with van der Waals surface area (Å²) in [5.41, 5.74) is 0. The third-order valence-electron chi connectivity index (χ3n) is 4.40. The van der Waals surface area contributed by atoms with Crippen molar-refractivity contribution < 1.29 is 14.7 Å². The lowest BCUT2D eigenvalue weighted by Gasteiger charge is -2.34. The SMILES string of the molecule is CC1C(C(=O)O)CCN1C(=O)N(C)CC1CCC1. The highest BCUT2D eigenvalue weighted by Crippen LogP contribution is 2.29. The Morgan fingerprint density at radius 3 is 2.44 bits per heavy atom. The van der Waals surface area contributed by atoms with Gasteiger partial charge in [0.25, 0.3) is 0 Å². The van der Waals surface area contributed by atoms with Crippen LogP contribution in [0.25, 0.3) is 0 Å². The molecule has 1 saturated heterocycles. The van der Waals surface area contributed by atoms with Gasteiger partial charge in [-0.15, -0.1) is 0 Å². The molecule has 2 rings (SSSR count). The van der Waals surface area contributed by atoms with Crippen LogP contribution in [0.5, 0.6) is 0 Å². The summed E-state index contributed by atoms with van der Waals surface area (Å²) in [7, 11) is 1.82. The van der Waals surface area contributed by atoms with Gasteiger partial charge in [0.15, 0.2) is 0 Å². The first-order valence-corrected chi connectivity index (χ1v) is 6.75. The molecule has 0 spiro atoms. The number of amides is 2. The van der Waals surface area contributed by atoms with Gasteiger partial charge in [-0.05, 0) is 32.1 Å². The van der Waals surface area contributed by atoms with E-state index in [0.29, 0.717) is 18.9 Å². The molecule has 1 N–H and O–H groups in total. The van der Waals surface area contributed by atoms with Crippen molar-refractivity contribution in [2.24, 2.45) is 11.8 Å². The highest BCUT2D eigenvalue weighted by Gasteiger charge is 2.39. The van der Waals surface area contributed by atoms with Gasteiger partial charge < -0.3 is 14.9 Å². The molecule has 0 aromatic rings. The van der Waals surface area contributed by atoms with E-state index in [9.17, 15) is 9.59 Å². The predicted octanol–water partition coefficient (Wildman–Crippen LogP) is 1.63. The summed E-state index contributed by atoms with van der Waals surface area (Å²) in [4.78, 5) is 26.8. The highest BCUT2D eigenvalue weighted by atomic mass is 16.4. The van der Waals surface area contributed by atoms with E-state index in [2.05, 4.69) is 0 Å². The molecule has 18 heavy (non-hydrogen) atoms. The molecule has 5 heteroatoms. The van der Waals surface area contributed by atoms with Gasteiger partial charge in [0.2, 0.25) is 0 Å². The van der Waals surface area contributed by atoms with Crippen molar-refractivity contribution in [1.82, 2.24) is 9.80 Å². The van der Waals surface area contributed by atoms with Crippen molar-refractivity contribution in [2.75, 3.05) is 20.1 Å². The first-order valence-electron chi connectivity index (χ1n) is 6.75. The van der Waals surface area contributed by atoms with E-state index in [0.717, 1.165) is 6.54 Å². The number of rotatable bonds is 3. The maximum Gasteiger partial charge on any atom is 0.320 e. The molecule has 2 atom stereocenters. The molecular formula is C13H22N2O3. The summed E-state index contributed by atoms with van der Waals surface area (Å²) in [5.74, 6) is -0.558. The quantitative estimate of drug-likeness (QED) is 0.832. The molecule has 1 heterocycles. The lowest BCUT2D eigenvalue weighted by atomic mass is 9.85. The lowest BCUT2D eigenvalue weighted by molar-refractivity contribution is -0.142. The Morgan fingerprint density at radius 1 is 1.33 bits per heavy atom. The van der Waals surface area contributed by atoms with Crippen molar-refractivity contribution >= 4 is 12.0 Å². The Labute approximate surface area is 108 Å². The Morgan fingerprint density at radius 2 is 2.00 bits per heavy atom. The largest absolute Gasteiger partial charge is 0.481 e. The number of carbonyl (C=O) groups excluding carboxylic acids is 1. The maximum absolute atomic E-state index is 12.3. The summed E-state index contributed by atoms with van der Waals surface area (Å²) < 4.78 is 0. The molecule has 0 aromatic heterocycles. The molecule has 0 bridgehead atoms. The fourth-order valence-electron chi connectivity index (χ4n) is 2.90. The molecule has 0 radical (unpaired) electrons. The van der Waals surface area contributed by atoms with Gasteiger partial charge in [-0.25, -0.2) is 4.79 Å². The third-order valence-corrected chi connectivity index (χ3v) is 4.40. The van der Waals surface area contributed by atoms with Crippen molar-refractivity contribution in [1.29, 1.82) is 0 Å². The number of aliphatic carboxylic acids is 1. The normalized spacial score (nSPS) is 28.0. The van der Waals surface area contributed by atoms with Crippen LogP contribution in [0.15, 0.2) is 0 Å². The Balaban J connectivity index is 1.90. The fourth-order valence-corrected chi connectivity index (χ4v) is 2.90. The number of carbonyl (C=O) groups is 2. The van der Waals surface area contributed by atoms with E-state index in [1.807, 2.05) is 14.0 Å². The van der Waals surface area contributed by atoms with Gasteiger partial charge >= 0.3 is 12.0 Å². The van der Waals surface area contributed by atoms with Gasteiger partial charge in [0.1, 0.15) is 0 Å². The molecule has 2 fully saturated rings. The molecule has 5 nitrogen and oxygen atoms in total. The van der Waals surface area contributed by atoms with Crippen molar-refractivity contribution in [2.45, 2.75) is 38.6 Å². The van der Waals surface area contributed by atoms with E-state index >= 15 is 0 Å². The van der Waals surface area contributed by atoms with Crippen molar-refractivity contribution in [3.8, 4) is 0 Å². The Hall–Kier alpha value is -1.26. The first kappa shape index (κ1) is 13.2. The second-order valence-electron chi connectivity index (χ2n) is 5.63. The summed E-state index contributed by atoms with van der Waals surface area (Å²) in [6.07, 6.45) is 4.27. The molecule has 2 aliphatic rings. The number of carboxylic acids is 1. The van der Waals surface area contributed by atoms with Gasteiger partial charge in [-0.1, -0.05) is 6.42 Å². The van der Waals surface area contributed by atoms with Crippen molar-refractivity contribution in [3.63, 3.8) is 0 Å². The minimum atomic E-state index is -0.792. The fraction of sp³-hybridized carbons (Fsp3) is 0.846. The second kappa shape index (κ2) is 5.16. The van der Waals surface area contributed by atoms with Gasteiger partial charge in [-0.2, -0.15) is 0 Å². The number of carboxylic acid groups (broad SMARTS) is 1. The summed E-state index contributed by atoms with van der Waals surface area (Å²) in [6, 6.07) is -0.211. The minimum absolute atomic E-state index is 0.0156. The number of hydrogen-bond acceptors (Lipinski definition) is 2. The zero-order chi connectivity index (χ0) is 13.3. The van der Waals surface area contributed by atoms with Gasteiger partial charge in [0.05, 0.1) is 5.92 Å². The monoisotopic (exact) mass is 254 g/mol. The van der Waals surface area contributed by atoms with Crippen molar-refractivity contribution in [3.05, 3.63) is 0 Å². The van der Waals surface area contributed by atoms with Crippen LogP contribution in [0.4, 0.5) is 4.79 Å². The van der Waals surface area contributed by atoms with Crippen LogP contribution in [-0.2, 0) is 4.79 Å². The smallest absolute Gasteiger partial charge is 0.320 e. The molecule has 1 aliphatic heterocycles. The number of nitrogens with zero attached hydrogens (tertiary/aromatic N) is 2. The molecular weight excluding hydrogens is 232 g/mol. The van der Waals surface area contributed by atoms with E-state index in [4.69, 9.17) is 5.11 Å². The molecule has 1 aliphatic carbocycles. The topological polar surface area (TPSA) is 60.9 Å². The predicted molar refractivity (Wildman–Crippen MR) is 67.3 cm³/mol. The number of urea groups is 1. The third kappa shape index (κ3) is 2.44. The highest BCUT2D eigenvalue weighted by molar-refractivity contribution is 5.78. The van der Waals surface area contributed by atoms with Crippen LogP contribution in [-0.4, -0.2) is 53.1 Å². The average molecular weight is 254 g/mol. The minimum Gasteiger partial charge on any atom is -0.481 e. The van der Waals surface area contributed by atoms with Gasteiger partial charge in [-0.3, -0.25) is 4.79 Å². The van der Waals surface area contributed by atoms with Crippen LogP contribution < -0.4 is 0 Å². The zero-order valence-electron chi connectivity index (χ0n) is 11.1. The van der Waals surface area contributed by atoms with Crippen LogP contribution in [0.3, 0.4) is 0 Å². The molecule has 102 valence electrons. The van der Waals surface area contributed by atoms with E-state index in [1.165, 1.54) is 19.3 Å². The maximum atomic E-state index is 12.3. The van der Waals surface area contributed by atoms with Crippen LogP contribution in [0.1, 0.15) is 32.6 Å². The second-order valence-corrected chi connectivity index (χ2v) is 5.63. The van der Waals surface area contributed by atoms with E-state index in [-0.39, 0.29) is 12.1 Å². The molecule has 1 saturated carbocycles. The molecule has 0 aromatic carbocycles. The standard InChI is InChI=1S/C13H22N2O3/c1-9-11(12(16)17)6-7-15(9)13(18)14(2)8-10-4-3-5-10/h9-11H,3-8H2,1-2H3,(H,16,17). The van der Waals surface area contributed by atoms with E-state index < -0.39 is 11.9 Å². The van der Waals surface area contributed by atoms with E-state index in [1.54, 1.807) is 9.80 Å². The number of hydrogen-bond donors (Lipinski definition) is 1. The number of likely N-dealkylation sites (tertiary alicyclic amines) is 1. The summed E-state index contributed by atoms with van der Waals surface area (Å²) >= 11 is 0. The summed E-state index contributed by atoms with van der Waals surface area (Å²) in [5, 5.41) is 9.06. The van der Waals surface area contributed by atoms with Crippen LogP contribution in [0.2, 0.25) is 0 Å². The first-order chi connectivity index (χ1) is 8.50. The molecule has 2 amide bonds. The lowest BCUT2D eigenvalue weighted by Crippen LogP contribution is -2.46. The summed E-state index contributed by atoms with van der Waals surface area (Å²) in [6.45, 7) is 3.20. The Bertz CT molecular complexity index is 341. The average Bonchev–Trinajstić information content (AvgIpc) is 2.64. The zero-order valence-corrected chi connectivity index (χ0v) is 11.1. The Kier molecular flexibility index (Phi) is 3.78. The van der Waals surface area contributed by atoms with Gasteiger partial charge in [0, 0.05) is 26.2 Å². The molecule has 2 unspecified atom stereocenters.